The van der Waals surface area contributed by atoms with E-state index in [-0.39, 0.29) is 18.3 Å². The van der Waals surface area contributed by atoms with Crippen molar-refractivity contribution in [2.45, 2.75) is 64.2 Å². The molecule has 1 aromatic carbocycles. The Morgan fingerprint density at radius 3 is 2.23 bits per heavy atom. The summed E-state index contributed by atoms with van der Waals surface area (Å²) in [6.45, 7) is 10.0. The molecule has 0 atom stereocenters. The summed E-state index contributed by atoms with van der Waals surface area (Å²) in [6, 6.07) is 10.3. The lowest BCUT2D eigenvalue weighted by molar-refractivity contribution is 0.00578. The molecule has 1 aliphatic heterocycles. The van der Waals surface area contributed by atoms with Crippen LogP contribution < -0.4 is 0 Å². The molecule has 3 nitrogen and oxygen atoms in total. The summed E-state index contributed by atoms with van der Waals surface area (Å²) in [4.78, 5) is 0. The molecule has 1 aliphatic carbocycles. The third kappa shape index (κ3) is 3.24. The second-order valence-electron chi connectivity index (χ2n) is 7.72. The third-order valence-corrected chi connectivity index (χ3v) is 5.39. The molecule has 120 valence electrons. The second kappa shape index (κ2) is 5.99. The van der Waals surface area contributed by atoms with E-state index in [4.69, 9.17) is 14.0 Å². The largest absolute Gasteiger partial charge is 0.461 e. The molecule has 4 heteroatoms. The maximum Gasteiger partial charge on any atom is 0.461 e. The molecule has 3 rings (SSSR count). The number of ether oxygens (including phenoxy) is 1. The SMILES string of the molecule is CC1(C)OB(C2CC(COCc3ccccc3)C2)OC1(C)C. The summed E-state index contributed by atoms with van der Waals surface area (Å²) >= 11 is 0. The standard InChI is InChI=1S/C18H27BO3/c1-17(2)18(3,4)22-19(21-17)16-10-15(11-16)13-20-12-14-8-6-5-7-9-14/h5-9,15-16H,10-13H2,1-4H3. The number of hydrogen-bond acceptors (Lipinski definition) is 3. The molecule has 2 aliphatic rings. The van der Waals surface area contributed by atoms with E-state index in [2.05, 4.69) is 52.0 Å². The van der Waals surface area contributed by atoms with Gasteiger partial charge in [-0.05, 0) is 57.8 Å². The first-order valence-electron chi connectivity index (χ1n) is 8.35. The van der Waals surface area contributed by atoms with Gasteiger partial charge in [0.15, 0.2) is 0 Å². The van der Waals surface area contributed by atoms with Crippen molar-refractivity contribution >= 4 is 7.12 Å². The average Bonchev–Trinajstić information content (AvgIpc) is 2.62. The summed E-state index contributed by atoms with van der Waals surface area (Å²) in [6.07, 6.45) is 2.29. The molecule has 1 saturated heterocycles. The fourth-order valence-electron chi connectivity index (χ4n) is 3.14. The highest BCUT2D eigenvalue weighted by atomic mass is 16.7. The minimum Gasteiger partial charge on any atom is -0.403 e. The number of rotatable bonds is 5. The summed E-state index contributed by atoms with van der Waals surface area (Å²) in [7, 11) is -0.0460. The zero-order valence-corrected chi connectivity index (χ0v) is 14.2. The zero-order chi connectivity index (χ0) is 15.8. The van der Waals surface area contributed by atoms with Crippen molar-refractivity contribution in [3.8, 4) is 0 Å². The topological polar surface area (TPSA) is 27.7 Å². The Morgan fingerprint density at radius 1 is 1.05 bits per heavy atom. The van der Waals surface area contributed by atoms with Gasteiger partial charge in [-0.25, -0.2) is 0 Å². The van der Waals surface area contributed by atoms with E-state index in [0.717, 1.165) is 19.4 Å². The lowest BCUT2D eigenvalue weighted by Gasteiger charge is -2.36. The zero-order valence-electron chi connectivity index (χ0n) is 14.2. The molecule has 0 aromatic heterocycles. The van der Waals surface area contributed by atoms with Gasteiger partial charge >= 0.3 is 7.12 Å². The van der Waals surface area contributed by atoms with Crippen LogP contribution in [0, 0.1) is 5.92 Å². The van der Waals surface area contributed by atoms with E-state index in [9.17, 15) is 0 Å². The van der Waals surface area contributed by atoms with Crippen LogP contribution in [-0.4, -0.2) is 24.9 Å². The van der Waals surface area contributed by atoms with Gasteiger partial charge in [0.25, 0.3) is 0 Å². The third-order valence-electron chi connectivity index (χ3n) is 5.39. The van der Waals surface area contributed by atoms with Crippen LogP contribution >= 0.6 is 0 Å². The van der Waals surface area contributed by atoms with Crippen LogP contribution in [0.2, 0.25) is 5.82 Å². The van der Waals surface area contributed by atoms with E-state index in [1.54, 1.807) is 0 Å². The first-order chi connectivity index (χ1) is 10.4. The molecule has 0 bridgehead atoms. The van der Waals surface area contributed by atoms with Gasteiger partial charge in [-0.1, -0.05) is 30.3 Å². The van der Waals surface area contributed by atoms with Crippen molar-refractivity contribution in [1.82, 2.24) is 0 Å². The van der Waals surface area contributed by atoms with E-state index in [1.165, 1.54) is 5.56 Å². The van der Waals surface area contributed by atoms with Crippen LogP contribution in [0.4, 0.5) is 0 Å². The molecule has 1 saturated carbocycles. The molecular weight excluding hydrogens is 275 g/mol. The highest BCUT2D eigenvalue weighted by molar-refractivity contribution is 6.47. The highest BCUT2D eigenvalue weighted by Gasteiger charge is 2.55. The smallest absolute Gasteiger partial charge is 0.403 e. The van der Waals surface area contributed by atoms with Gasteiger partial charge in [-0.2, -0.15) is 0 Å². The van der Waals surface area contributed by atoms with Gasteiger partial charge in [0.1, 0.15) is 0 Å². The predicted octanol–water partition coefficient (Wildman–Crippen LogP) is 4.08. The van der Waals surface area contributed by atoms with Gasteiger partial charge < -0.3 is 14.0 Å². The van der Waals surface area contributed by atoms with Gasteiger partial charge in [0.05, 0.1) is 17.8 Å². The summed E-state index contributed by atoms with van der Waals surface area (Å²) < 4.78 is 18.1. The fraction of sp³-hybridized carbons (Fsp3) is 0.667. The van der Waals surface area contributed by atoms with Crippen LogP contribution in [-0.2, 0) is 20.7 Å². The highest BCUT2D eigenvalue weighted by Crippen LogP contribution is 2.48. The molecule has 1 heterocycles. The molecule has 0 spiro atoms. The second-order valence-corrected chi connectivity index (χ2v) is 7.72. The minimum atomic E-state index is -0.216. The van der Waals surface area contributed by atoms with Crippen molar-refractivity contribution in [3.63, 3.8) is 0 Å². The van der Waals surface area contributed by atoms with Gasteiger partial charge in [0, 0.05) is 6.61 Å². The summed E-state index contributed by atoms with van der Waals surface area (Å²) in [5.74, 6) is 1.17. The Balaban J connectivity index is 1.38. The molecule has 0 amide bonds. The lowest BCUT2D eigenvalue weighted by Crippen LogP contribution is -2.41. The van der Waals surface area contributed by atoms with Crippen molar-refractivity contribution in [2.24, 2.45) is 5.92 Å². The van der Waals surface area contributed by atoms with Crippen molar-refractivity contribution in [2.75, 3.05) is 6.61 Å². The van der Waals surface area contributed by atoms with E-state index in [1.807, 2.05) is 6.07 Å². The average molecular weight is 302 g/mol. The Kier molecular flexibility index (Phi) is 4.37. The Hall–Kier alpha value is -0.835. The number of benzene rings is 1. The molecule has 0 unspecified atom stereocenters. The Labute approximate surface area is 134 Å². The lowest BCUT2D eigenvalue weighted by atomic mass is 9.56. The first-order valence-corrected chi connectivity index (χ1v) is 8.35. The van der Waals surface area contributed by atoms with Gasteiger partial charge in [-0.15, -0.1) is 0 Å². The monoisotopic (exact) mass is 302 g/mol. The molecule has 2 fully saturated rings. The van der Waals surface area contributed by atoms with E-state index in [0.29, 0.717) is 18.3 Å². The van der Waals surface area contributed by atoms with Crippen molar-refractivity contribution in [1.29, 1.82) is 0 Å². The Bertz CT molecular complexity index is 478. The number of hydrogen-bond donors (Lipinski definition) is 0. The van der Waals surface area contributed by atoms with Crippen LogP contribution in [0.1, 0.15) is 46.1 Å². The molecule has 0 N–H and O–H groups in total. The molecule has 22 heavy (non-hydrogen) atoms. The summed E-state index contributed by atoms with van der Waals surface area (Å²) in [5, 5.41) is 0. The van der Waals surface area contributed by atoms with Crippen LogP contribution in [0.15, 0.2) is 30.3 Å². The normalized spacial score (nSPS) is 29.4. The van der Waals surface area contributed by atoms with Crippen molar-refractivity contribution < 1.29 is 14.0 Å². The maximum atomic E-state index is 6.13. The minimum absolute atomic E-state index is 0.0460. The van der Waals surface area contributed by atoms with Gasteiger partial charge in [-0.3, -0.25) is 0 Å². The van der Waals surface area contributed by atoms with Crippen LogP contribution in [0.3, 0.4) is 0 Å². The molecule has 0 radical (unpaired) electrons. The van der Waals surface area contributed by atoms with Crippen molar-refractivity contribution in [3.05, 3.63) is 35.9 Å². The molecule has 1 aromatic rings. The summed E-state index contributed by atoms with van der Waals surface area (Å²) in [5.41, 5.74) is 0.809. The van der Waals surface area contributed by atoms with E-state index >= 15 is 0 Å². The quantitative estimate of drug-likeness (QED) is 0.767. The maximum absolute atomic E-state index is 6.13. The Morgan fingerprint density at radius 2 is 1.64 bits per heavy atom. The van der Waals surface area contributed by atoms with E-state index < -0.39 is 0 Å². The first kappa shape index (κ1) is 16.0. The molecular formula is C18H27BO3. The van der Waals surface area contributed by atoms with Crippen LogP contribution in [0.5, 0.6) is 0 Å². The van der Waals surface area contributed by atoms with Crippen LogP contribution in [0.25, 0.3) is 0 Å². The fourth-order valence-corrected chi connectivity index (χ4v) is 3.14. The van der Waals surface area contributed by atoms with Gasteiger partial charge in [0.2, 0.25) is 0 Å². The predicted molar refractivity (Wildman–Crippen MR) is 88.7 cm³/mol.